The number of carbonyl (C=O) groups is 7. The molecule has 15 nitrogen and oxygen atoms in total. The molecule has 1 aromatic carbocycles. The van der Waals surface area contributed by atoms with Crippen molar-refractivity contribution in [2.75, 3.05) is 6.54 Å². The predicted octanol–water partition coefficient (Wildman–Crippen LogP) is 1.98. The molecule has 3 rings (SSSR count). The number of carbonyl (C=O) groups excluding carboxylic acids is 6. The first-order valence-electron chi connectivity index (χ1n) is 18.8. The fourth-order valence-corrected chi connectivity index (χ4v) is 6.37. The molecule has 7 atom stereocenters. The summed E-state index contributed by atoms with van der Waals surface area (Å²) in [7, 11) is 0. The number of hydrogen-bond acceptors (Lipinski definition) is 12. The molecule has 0 unspecified atom stereocenters. The van der Waals surface area contributed by atoms with Crippen molar-refractivity contribution in [1.82, 2.24) is 10.2 Å². The van der Waals surface area contributed by atoms with Crippen LogP contribution in [0.2, 0.25) is 0 Å². The normalized spacial score (nSPS) is 22.4. The van der Waals surface area contributed by atoms with Gasteiger partial charge in [0.25, 0.3) is 11.8 Å². The number of ether oxygens (including phenoxy) is 2. The molecule has 1 fully saturated rings. The zero-order chi connectivity index (χ0) is 41.2. The van der Waals surface area contributed by atoms with Crippen molar-refractivity contribution in [2.24, 2.45) is 17.3 Å². The van der Waals surface area contributed by atoms with Crippen molar-refractivity contribution in [3.05, 3.63) is 47.0 Å². The maximum Gasteiger partial charge on any atom is 0.335 e. The Balaban J connectivity index is 1.62. The van der Waals surface area contributed by atoms with Gasteiger partial charge >= 0.3 is 11.9 Å². The first kappa shape index (κ1) is 45.1. The molecule has 0 aliphatic carbocycles. The predicted molar refractivity (Wildman–Crippen MR) is 197 cm³/mol. The number of rotatable bonds is 20. The van der Waals surface area contributed by atoms with Crippen LogP contribution in [0.15, 0.2) is 30.4 Å². The highest BCUT2D eigenvalue weighted by molar-refractivity contribution is 6.12. The smallest absolute Gasteiger partial charge is 0.335 e. The lowest BCUT2D eigenvalue weighted by Gasteiger charge is -2.39. The Labute approximate surface area is 321 Å². The lowest BCUT2D eigenvalue weighted by molar-refractivity contribution is -0.228. The number of aryl methyl sites for hydroxylation is 1. The van der Waals surface area contributed by atoms with Gasteiger partial charge in [0, 0.05) is 43.9 Å². The van der Waals surface area contributed by atoms with Crippen LogP contribution in [0, 0.1) is 17.3 Å². The summed E-state index contributed by atoms with van der Waals surface area (Å²) in [5, 5.41) is 43.1. The number of aliphatic hydroxyl groups excluding tert-OH is 3. The fraction of sp³-hybridized carbons (Fsp3) is 0.625. The Morgan fingerprint density at radius 1 is 0.909 bits per heavy atom. The van der Waals surface area contributed by atoms with Gasteiger partial charge in [0.2, 0.25) is 5.91 Å². The van der Waals surface area contributed by atoms with Gasteiger partial charge in [-0.05, 0) is 76.0 Å². The molecule has 0 radical (unpaired) electrons. The molecule has 15 heteroatoms. The summed E-state index contributed by atoms with van der Waals surface area (Å²) in [4.78, 5) is 88.1. The number of carboxylic acids is 1. The molecular formula is C40H56N2O13. The number of imide groups is 1. The van der Waals surface area contributed by atoms with Crippen molar-refractivity contribution in [3.8, 4) is 0 Å². The summed E-state index contributed by atoms with van der Waals surface area (Å²) in [6.45, 7) is 10.5. The maximum atomic E-state index is 13.4. The van der Waals surface area contributed by atoms with Crippen LogP contribution in [0.5, 0.6) is 0 Å². The van der Waals surface area contributed by atoms with E-state index in [0.29, 0.717) is 36.0 Å². The number of aliphatic hydroxyl groups is 3. The van der Waals surface area contributed by atoms with Gasteiger partial charge in [-0.3, -0.25) is 33.7 Å². The highest BCUT2D eigenvalue weighted by Crippen LogP contribution is 2.27. The zero-order valence-electron chi connectivity index (χ0n) is 32.5. The van der Waals surface area contributed by atoms with E-state index in [0.717, 1.165) is 4.90 Å². The average molecular weight is 773 g/mol. The quantitative estimate of drug-likeness (QED) is 0.0726. The van der Waals surface area contributed by atoms with Gasteiger partial charge in [0.05, 0.1) is 17.6 Å². The molecule has 55 heavy (non-hydrogen) atoms. The van der Waals surface area contributed by atoms with Crippen molar-refractivity contribution < 1.29 is 63.5 Å². The van der Waals surface area contributed by atoms with E-state index in [2.05, 4.69) is 5.32 Å². The van der Waals surface area contributed by atoms with Crippen molar-refractivity contribution in [2.45, 2.75) is 136 Å². The van der Waals surface area contributed by atoms with Gasteiger partial charge in [0.1, 0.15) is 30.7 Å². The Morgan fingerprint density at radius 2 is 1.56 bits per heavy atom. The summed E-state index contributed by atoms with van der Waals surface area (Å²) in [6.07, 6.45) is -3.51. The minimum atomic E-state index is -1.83. The average Bonchev–Trinajstić information content (AvgIpc) is 3.43. The third kappa shape index (κ3) is 12.9. The number of amides is 3. The lowest BCUT2D eigenvalue weighted by atomic mass is 9.88. The summed E-state index contributed by atoms with van der Waals surface area (Å²) >= 11 is 0. The number of ketones is 2. The molecule has 2 heterocycles. The number of benzene rings is 1. The van der Waals surface area contributed by atoms with Crippen LogP contribution < -0.4 is 5.32 Å². The Morgan fingerprint density at radius 3 is 2.16 bits per heavy atom. The number of nitrogens with zero attached hydrogens (tertiary/aromatic N) is 1. The third-order valence-electron chi connectivity index (χ3n) is 9.94. The molecule has 2 aliphatic heterocycles. The van der Waals surface area contributed by atoms with Crippen LogP contribution in [-0.4, -0.2) is 110 Å². The zero-order valence-corrected chi connectivity index (χ0v) is 32.5. The molecule has 1 saturated heterocycles. The Bertz CT molecular complexity index is 1600. The van der Waals surface area contributed by atoms with Crippen LogP contribution in [0.4, 0.5) is 0 Å². The number of nitrogens with one attached hydrogen (secondary N) is 1. The minimum absolute atomic E-state index is 0.00461. The van der Waals surface area contributed by atoms with E-state index in [4.69, 9.17) is 9.47 Å². The van der Waals surface area contributed by atoms with Gasteiger partial charge in [-0.1, -0.05) is 38.5 Å². The van der Waals surface area contributed by atoms with Crippen LogP contribution >= 0.6 is 0 Å². The highest BCUT2D eigenvalue weighted by atomic mass is 16.6. The highest BCUT2D eigenvalue weighted by Gasteiger charge is 2.46. The number of carboxylic acid groups (broad SMARTS) is 1. The second kappa shape index (κ2) is 20.0. The van der Waals surface area contributed by atoms with Gasteiger partial charge in [-0.15, -0.1) is 0 Å². The molecule has 0 bridgehead atoms. The standard InChI is InChI=1S/C40H56N2O13/c1-22(2)28(20-27(43)10-8-7-9-17-42-31(45)15-16-32(42)46)37(50)41-23(3)29(44)19-24-11-12-26(21-54-39(53)40(4,5)6)25(18-24)13-14-30-33(47)34(48)35(49)36(55-30)38(51)52/h11-12,15-16,18,22-23,28,30,33-36,47-49H,7-10,13-14,17,19-21H2,1-6H3,(H,41,50)(H,51,52)/t23-,28-,30-,33-,34+,35-,36-/m0/s1. The van der Waals surface area contributed by atoms with E-state index < -0.39 is 65.7 Å². The number of aliphatic carboxylic acids is 1. The maximum absolute atomic E-state index is 13.4. The molecule has 5 N–H and O–H groups in total. The second-order valence-corrected chi connectivity index (χ2v) is 15.8. The van der Waals surface area contributed by atoms with Gasteiger partial charge < -0.3 is 35.2 Å². The van der Waals surface area contributed by atoms with Gasteiger partial charge in [0.15, 0.2) is 11.9 Å². The molecular weight excluding hydrogens is 716 g/mol. The van der Waals surface area contributed by atoms with E-state index in [1.807, 2.05) is 13.8 Å². The number of esters is 1. The first-order chi connectivity index (χ1) is 25.7. The van der Waals surface area contributed by atoms with Crippen molar-refractivity contribution >= 4 is 41.2 Å². The third-order valence-corrected chi connectivity index (χ3v) is 9.94. The minimum Gasteiger partial charge on any atom is -0.479 e. The van der Waals surface area contributed by atoms with E-state index in [9.17, 15) is 54.0 Å². The molecule has 2 aliphatic rings. The van der Waals surface area contributed by atoms with Crippen LogP contribution in [0.3, 0.4) is 0 Å². The molecule has 1 aromatic rings. The monoisotopic (exact) mass is 772 g/mol. The Hall–Kier alpha value is -4.31. The summed E-state index contributed by atoms with van der Waals surface area (Å²) in [6, 6.07) is 4.21. The number of Topliss-reactive ketones (excluding diaryl/α,β-unsaturated/α-hetero) is 2. The van der Waals surface area contributed by atoms with Crippen LogP contribution in [-0.2, 0) is 62.5 Å². The summed E-state index contributed by atoms with van der Waals surface area (Å²) < 4.78 is 11.0. The van der Waals surface area contributed by atoms with E-state index in [1.165, 1.54) is 12.2 Å². The molecule has 0 aromatic heterocycles. The Kier molecular flexibility index (Phi) is 16.4. The molecule has 304 valence electrons. The SMILES string of the molecule is CC(C)[C@H](CC(=O)CCCCCN1C(=O)C=CC1=O)C(=O)N[C@@H](C)C(=O)Cc1ccc(COC(=O)C(C)(C)C)c(CC[C@@H]2O[C@H](C(=O)O)[C@@H](O)[C@H](O)[C@H]2O)c1. The van der Waals surface area contributed by atoms with Crippen LogP contribution in [0.1, 0.15) is 96.8 Å². The van der Waals surface area contributed by atoms with Gasteiger partial charge in [-0.25, -0.2) is 4.79 Å². The number of unbranched alkanes of at least 4 members (excludes halogenated alkanes) is 2. The first-order valence-corrected chi connectivity index (χ1v) is 18.8. The molecule has 3 amide bonds. The second-order valence-electron chi connectivity index (χ2n) is 15.8. The summed E-state index contributed by atoms with van der Waals surface area (Å²) in [5.41, 5.74) is 1.01. The summed E-state index contributed by atoms with van der Waals surface area (Å²) in [5.74, 6) is -4.30. The largest absolute Gasteiger partial charge is 0.479 e. The lowest BCUT2D eigenvalue weighted by Crippen LogP contribution is -2.59. The van der Waals surface area contributed by atoms with E-state index in [1.54, 1.807) is 45.9 Å². The molecule has 0 spiro atoms. The number of hydrogen-bond donors (Lipinski definition) is 5. The van der Waals surface area contributed by atoms with Crippen LogP contribution in [0.25, 0.3) is 0 Å². The molecule has 0 saturated carbocycles. The van der Waals surface area contributed by atoms with Crippen molar-refractivity contribution in [3.63, 3.8) is 0 Å². The van der Waals surface area contributed by atoms with Crippen molar-refractivity contribution in [1.29, 1.82) is 0 Å². The van der Waals surface area contributed by atoms with Gasteiger partial charge in [-0.2, -0.15) is 0 Å². The fourth-order valence-electron chi connectivity index (χ4n) is 6.37. The van der Waals surface area contributed by atoms with E-state index in [-0.39, 0.29) is 74.6 Å². The van der Waals surface area contributed by atoms with E-state index >= 15 is 0 Å². The topological polar surface area (TPSA) is 234 Å².